The van der Waals surface area contributed by atoms with Gasteiger partial charge in [-0.2, -0.15) is 0 Å². The average Bonchev–Trinajstić information content (AvgIpc) is 2.22. The van der Waals surface area contributed by atoms with Gasteiger partial charge in [0.15, 0.2) is 0 Å². The van der Waals surface area contributed by atoms with E-state index in [0.717, 1.165) is 6.61 Å². The molecular weight excluding hydrogens is 203 g/mol. The van der Waals surface area contributed by atoms with Gasteiger partial charge in [0.2, 0.25) is 0 Å². The third kappa shape index (κ3) is 1.17. The third-order valence-corrected chi connectivity index (χ3v) is 1.61. The first kappa shape index (κ1) is 8.00. The van der Waals surface area contributed by atoms with Gasteiger partial charge in [-0.05, 0) is 24.1 Å². The van der Waals surface area contributed by atoms with Crippen LogP contribution in [-0.2, 0) is 30.9 Å². The van der Waals surface area contributed by atoms with Gasteiger partial charge < -0.3 is 4.74 Å². The molecule has 50 valence electrons. The first-order valence-electron chi connectivity index (χ1n) is 3.07. The van der Waals surface area contributed by atoms with E-state index in [1.54, 1.807) is 0 Å². The maximum absolute atomic E-state index is 5.08. The third-order valence-electron chi connectivity index (χ3n) is 1.61. The predicted octanol–water partition coefficient (Wildman–Crippen LogP) is 1.78. The molecule has 0 bridgehead atoms. The number of fused-ring (bicyclic) bond motifs is 1. The van der Waals surface area contributed by atoms with Gasteiger partial charge in [0, 0.05) is 31.8 Å². The van der Waals surface area contributed by atoms with Gasteiger partial charge >= 0.3 is 0 Å². The van der Waals surface area contributed by atoms with Crippen LogP contribution in [0, 0.1) is 0 Å². The van der Waals surface area contributed by atoms with Gasteiger partial charge in [0.05, 0.1) is 6.26 Å². The summed E-state index contributed by atoms with van der Waals surface area (Å²) in [5, 5.41) is 0. The van der Waals surface area contributed by atoms with Crippen molar-refractivity contribution < 1.29 is 30.9 Å². The Bertz CT molecular complexity index is 236. The topological polar surface area (TPSA) is 9.23 Å². The Hall–Kier alpha value is -0.0969. The molecule has 10 heavy (non-hydrogen) atoms. The molecule has 0 saturated heterocycles. The summed E-state index contributed by atoms with van der Waals surface area (Å²) in [5.74, 6) is 0. The van der Waals surface area contributed by atoms with E-state index in [0.29, 0.717) is 0 Å². The number of rotatable bonds is 0. The first-order chi connectivity index (χ1) is 4.36. The van der Waals surface area contributed by atoms with Crippen LogP contribution in [0.3, 0.4) is 0 Å². The molecule has 2 rings (SSSR count). The van der Waals surface area contributed by atoms with E-state index < -0.39 is 0 Å². The molecule has 0 unspecified atom stereocenters. The van der Waals surface area contributed by atoms with Gasteiger partial charge in [-0.15, -0.1) is 0 Å². The molecule has 0 aromatic rings. The van der Waals surface area contributed by atoms with Crippen molar-refractivity contribution in [3.63, 3.8) is 0 Å². The maximum Gasteiger partial charge on any atom is 0.113 e. The fraction of sp³-hybridized carbons (Fsp3) is 0.250. The molecule has 1 aliphatic heterocycles. The van der Waals surface area contributed by atoms with Crippen molar-refractivity contribution in [1.82, 2.24) is 0 Å². The zero-order valence-electron chi connectivity index (χ0n) is 5.85. The van der Waals surface area contributed by atoms with E-state index in [1.165, 1.54) is 16.7 Å². The smallest absolute Gasteiger partial charge is 0.113 e. The minimum atomic E-state index is 0. The van der Waals surface area contributed by atoms with Gasteiger partial charge in [0.1, 0.15) is 6.61 Å². The molecule has 0 fully saturated rings. The maximum atomic E-state index is 5.08. The minimum absolute atomic E-state index is 0. The Morgan fingerprint density at radius 3 is 2.90 bits per heavy atom. The van der Waals surface area contributed by atoms with Crippen LogP contribution in [-0.4, -0.2) is 6.61 Å². The van der Waals surface area contributed by atoms with E-state index in [9.17, 15) is 0 Å². The zero-order chi connectivity index (χ0) is 6.27. The standard InChI is InChI=1S/C8H8O.Zr/c1-6-2-7-4-9-5-8(7)3-6;/h2-4H,5H2,1H3;. The molecule has 0 aromatic heterocycles. The van der Waals surface area contributed by atoms with Crippen molar-refractivity contribution >= 4 is 0 Å². The van der Waals surface area contributed by atoms with Crippen LogP contribution in [0.2, 0.25) is 0 Å². The van der Waals surface area contributed by atoms with Crippen LogP contribution in [0.4, 0.5) is 0 Å². The molecule has 1 nitrogen and oxygen atoms in total. The van der Waals surface area contributed by atoms with Gasteiger partial charge in [-0.1, -0.05) is 6.08 Å². The summed E-state index contributed by atoms with van der Waals surface area (Å²) in [6, 6.07) is 0. The van der Waals surface area contributed by atoms with Crippen LogP contribution in [0.1, 0.15) is 6.92 Å². The molecule has 0 N–H and O–H groups in total. The van der Waals surface area contributed by atoms with Gasteiger partial charge in [-0.3, -0.25) is 0 Å². The summed E-state index contributed by atoms with van der Waals surface area (Å²) in [6.07, 6.45) is 6.13. The van der Waals surface area contributed by atoms with E-state index in [-0.39, 0.29) is 26.2 Å². The average molecular weight is 211 g/mol. The van der Waals surface area contributed by atoms with E-state index >= 15 is 0 Å². The molecule has 0 spiro atoms. The number of hydrogen-bond donors (Lipinski definition) is 0. The molecule has 1 aliphatic carbocycles. The van der Waals surface area contributed by atoms with Crippen molar-refractivity contribution in [3.8, 4) is 0 Å². The Morgan fingerprint density at radius 1 is 1.40 bits per heavy atom. The monoisotopic (exact) mass is 210 g/mol. The summed E-state index contributed by atoms with van der Waals surface area (Å²) in [5.41, 5.74) is 3.92. The first-order valence-corrected chi connectivity index (χ1v) is 3.07. The Kier molecular flexibility index (Phi) is 2.30. The molecule has 0 aromatic carbocycles. The molecule has 0 radical (unpaired) electrons. The van der Waals surface area contributed by atoms with Crippen LogP contribution >= 0.6 is 0 Å². The van der Waals surface area contributed by atoms with Gasteiger partial charge in [0.25, 0.3) is 0 Å². The second-order valence-electron chi connectivity index (χ2n) is 2.44. The number of hydrogen-bond acceptors (Lipinski definition) is 1. The minimum Gasteiger partial charge on any atom is -0.496 e. The molecule has 0 amide bonds. The molecule has 2 aliphatic rings. The summed E-state index contributed by atoms with van der Waals surface area (Å²) in [4.78, 5) is 0. The molecule has 2 heteroatoms. The fourth-order valence-electron chi connectivity index (χ4n) is 1.19. The summed E-state index contributed by atoms with van der Waals surface area (Å²) >= 11 is 0. The van der Waals surface area contributed by atoms with Crippen LogP contribution in [0.25, 0.3) is 0 Å². The second kappa shape index (κ2) is 2.88. The molecule has 1 heterocycles. The van der Waals surface area contributed by atoms with Crippen LogP contribution in [0.5, 0.6) is 0 Å². The second-order valence-corrected chi connectivity index (χ2v) is 2.44. The van der Waals surface area contributed by atoms with Crippen LogP contribution in [0.15, 0.2) is 35.1 Å². The van der Waals surface area contributed by atoms with E-state index in [2.05, 4.69) is 19.1 Å². The van der Waals surface area contributed by atoms with E-state index in [4.69, 9.17) is 4.74 Å². The number of allylic oxidation sites excluding steroid dienone is 3. The number of ether oxygens (including phenoxy) is 1. The van der Waals surface area contributed by atoms with Gasteiger partial charge in [-0.25, -0.2) is 0 Å². The predicted molar refractivity (Wildman–Crippen MR) is 35.9 cm³/mol. The van der Waals surface area contributed by atoms with Crippen molar-refractivity contribution in [2.24, 2.45) is 0 Å². The molecule has 0 saturated carbocycles. The van der Waals surface area contributed by atoms with Crippen molar-refractivity contribution in [1.29, 1.82) is 0 Å². The zero-order valence-corrected chi connectivity index (χ0v) is 8.31. The summed E-state index contributed by atoms with van der Waals surface area (Å²) < 4.78 is 5.08. The van der Waals surface area contributed by atoms with Crippen molar-refractivity contribution in [2.45, 2.75) is 6.92 Å². The Morgan fingerprint density at radius 2 is 2.20 bits per heavy atom. The largest absolute Gasteiger partial charge is 0.496 e. The molecular formula is C8H8OZr. The Balaban J connectivity index is 0.000000500. The SMILES string of the molecule is CC1=CC2=COCC2=C1.[Zr]. The van der Waals surface area contributed by atoms with Crippen LogP contribution < -0.4 is 0 Å². The quantitative estimate of drug-likeness (QED) is 0.593. The summed E-state index contributed by atoms with van der Waals surface area (Å²) in [6.45, 7) is 2.87. The fourth-order valence-corrected chi connectivity index (χ4v) is 1.19. The summed E-state index contributed by atoms with van der Waals surface area (Å²) in [7, 11) is 0. The van der Waals surface area contributed by atoms with Crippen molar-refractivity contribution in [2.75, 3.05) is 6.61 Å². The Labute approximate surface area is 79.6 Å². The normalized spacial score (nSPS) is 19.9. The van der Waals surface area contributed by atoms with Crippen molar-refractivity contribution in [3.05, 3.63) is 35.1 Å². The molecule has 0 atom stereocenters. The van der Waals surface area contributed by atoms with E-state index in [1.807, 2.05) is 6.26 Å².